The summed E-state index contributed by atoms with van der Waals surface area (Å²) in [6.07, 6.45) is 32.5. The summed E-state index contributed by atoms with van der Waals surface area (Å²) >= 11 is 0. The van der Waals surface area contributed by atoms with Crippen LogP contribution in [0.15, 0.2) is 11.6 Å². The van der Waals surface area contributed by atoms with Crippen molar-refractivity contribution in [3.8, 4) is 0 Å². The molecule has 0 saturated heterocycles. The molecule has 0 bridgehead atoms. The van der Waals surface area contributed by atoms with Crippen molar-refractivity contribution >= 4 is 5.97 Å². The number of esters is 1. The summed E-state index contributed by atoms with van der Waals surface area (Å²) in [7, 11) is 0. The fraction of sp³-hybridized carbons (Fsp3) is 0.927. The van der Waals surface area contributed by atoms with Gasteiger partial charge in [-0.3, -0.25) is 4.79 Å². The molecule has 0 aliphatic heterocycles. The number of unbranched alkanes of at least 4 members (excludes halogenated alkanes) is 10. The number of hydrogen-bond donors (Lipinski definition) is 0. The SMILES string of the molecule is CCCCCCCCCCCCCC(=O)O[C@@H]1CC[C@@]2(C)C(=CC[C@H]3[C@H]4CC[C@H]([C@H](C)CCCC(C)C)[C@@]4(C)CC[C@@H]32)C1. The zero-order chi connectivity index (χ0) is 30.9. The van der Waals surface area contributed by atoms with Gasteiger partial charge >= 0.3 is 5.97 Å². The highest BCUT2D eigenvalue weighted by Crippen LogP contribution is 2.67. The van der Waals surface area contributed by atoms with E-state index in [-0.39, 0.29) is 12.1 Å². The van der Waals surface area contributed by atoms with E-state index in [0.29, 0.717) is 17.3 Å². The first-order valence-electron chi connectivity index (χ1n) is 19.6. The van der Waals surface area contributed by atoms with Crippen LogP contribution in [0, 0.1) is 46.3 Å². The van der Waals surface area contributed by atoms with Crippen LogP contribution in [0.4, 0.5) is 0 Å². The minimum atomic E-state index is 0.0618. The van der Waals surface area contributed by atoms with Crippen molar-refractivity contribution in [2.24, 2.45) is 46.3 Å². The highest BCUT2D eigenvalue weighted by molar-refractivity contribution is 5.69. The molecule has 3 saturated carbocycles. The molecule has 8 atom stereocenters. The first-order chi connectivity index (χ1) is 20.7. The summed E-state index contributed by atoms with van der Waals surface area (Å²) in [5.41, 5.74) is 2.54. The minimum Gasteiger partial charge on any atom is -0.462 e. The molecule has 0 spiro atoms. The second-order valence-corrected chi connectivity index (χ2v) is 16.9. The summed E-state index contributed by atoms with van der Waals surface area (Å²) in [6, 6.07) is 0. The topological polar surface area (TPSA) is 26.3 Å². The Kier molecular flexibility index (Phi) is 13.6. The molecular formula is C41H72O2. The molecule has 0 N–H and O–H groups in total. The molecule has 4 aliphatic rings. The molecule has 248 valence electrons. The summed E-state index contributed by atoms with van der Waals surface area (Å²) in [4.78, 5) is 12.7. The Morgan fingerprint density at radius 3 is 2.16 bits per heavy atom. The van der Waals surface area contributed by atoms with Crippen LogP contribution in [-0.4, -0.2) is 12.1 Å². The predicted molar refractivity (Wildman–Crippen MR) is 184 cm³/mol. The Morgan fingerprint density at radius 1 is 0.814 bits per heavy atom. The zero-order valence-electron chi connectivity index (χ0n) is 29.7. The third-order valence-electron chi connectivity index (χ3n) is 13.5. The van der Waals surface area contributed by atoms with Crippen LogP contribution in [-0.2, 0) is 9.53 Å². The van der Waals surface area contributed by atoms with E-state index in [9.17, 15) is 4.79 Å². The van der Waals surface area contributed by atoms with Gasteiger partial charge in [-0.2, -0.15) is 0 Å². The molecule has 43 heavy (non-hydrogen) atoms. The third kappa shape index (κ3) is 8.93. The Hall–Kier alpha value is -0.790. The molecule has 0 aromatic heterocycles. The number of hydrogen-bond acceptors (Lipinski definition) is 2. The summed E-state index contributed by atoms with van der Waals surface area (Å²) in [5.74, 6) is 5.34. The van der Waals surface area contributed by atoms with Crippen LogP contribution in [0.1, 0.15) is 189 Å². The molecule has 2 heteroatoms. The monoisotopic (exact) mass is 597 g/mol. The van der Waals surface area contributed by atoms with Crippen molar-refractivity contribution in [2.45, 2.75) is 195 Å². The van der Waals surface area contributed by atoms with E-state index in [4.69, 9.17) is 4.74 Å². The summed E-state index contributed by atoms with van der Waals surface area (Å²) in [5, 5.41) is 0. The number of rotatable bonds is 18. The van der Waals surface area contributed by atoms with E-state index >= 15 is 0 Å². The Bertz CT molecular complexity index is 873. The van der Waals surface area contributed by atoms with Crippen molar-refractivity contribution in [1.29, 1.82) is 0 Å². The van der Waals surface area contributed by atoms with Gasteiger partial charge in [-0.15, -0.1) is 0 Å². The molecule has 4 aliphatic carbocycles. The van der Waals surface area contributed by atoms with E-state index in [1.54, 1.807) is 5.57 Å². The van der Waals surface area contributed by atoms with Crippen LogP contribution in [0.5, 0.6) is 0 Å². The van der Waals surface area contributed by atoms with Gasteiger partial charge in [0.05, 0.1) is 0 Å². The molecule has 0 aromatic rings. The predicted octanol–water partition coefficient (Wildman–Crippen LogP) is 12.6. The van der Waals surface area contributed by atoms with Crippen molar-refractivity contribution in [3.05, 3.63) is 11.6 Å². The van der Waals surface area contributed by atoms with Crippen molar-refractivity contribution in [2.75, 3.05) is 0 Å². The van der Waals surface area contributed by atoms with Crippen LogP contribution in [0.3, 0.4) is 0 Å². The van der Waals surface area contributed by atoms with E-state index in [1.807, 2.05) is 0 Å². The highest BCUT2D eigenvalue weighted by atomic mass is 16.5. The molecule has 2 nitrogen and oxygen atoms in total. The summed E-state index contributed by atoms with van der Waals surface area (Å²) < 4.78 is 6.11. The maximum absolute atomic E-state index is 12.7. The molecular weight excluding hydrogens is 524 g/mol. The van der Waals surface area contributed by atoms with Crippen molar-refractivity contribution < 1.29 is 9.53 Å². The average molecular weight is 597 g/mol. The van der Waals surface area contributed by atoms with E-state index in [2.05, 4.69) is 47.6 Å². The first kappa shape index (κ1) is 35.1. The Labute approximate surface area is 268 Å². The number of fused-ring (bicyclic) bond motifs is 5. The van der Waals surface area contributed by atoms with E-state index < -0.39 is 0 Å². The first-order valence-corrected chi connectivity index (χ1v) is 19.6. The number of allylic oxidation sites excluding steroid dienone is 1. The molecule has 0 amide bonds. The van der Waals surface area contributed by atoms with Gasteiger partial charge in [0, 0.05) is 12.8 Å². The molecule has 0 unspecified atom stereocenters. The molecule has 3 fully saturated rings. The normalized spacial score (nSPS) is 34.3. The molecule has 4 rings (SSSR count). The number of carbonyl (C=O) groups is 1. The highest BCUT2D eigenvalue weighted by Gasteiger charge is 2.59. The van der Waals surface area contributed by atoms with Crippen molar-refractivity contribution in [3.63, 3.8) is 0 Å². The Morgan fingerprint density at radius 2 is 1.49 bits per heavy atom. The van der Waals surface area contributed by atoms with Crippen LogP contribution in [0.25, 0.3) is 0 Å². The second kappa shape index (κ2) is 16.7. The van der Waals surface area contributed by atoms with E-state index in [1.165, 1.54) is 122 Å². The minimum absolute atomic E-state index is 0.0618. The maximum atomic E-state index is 12.7. The zero-order valence-corrected chi connectivity index (χ0v) is 29.7. The number of ether oxygens (including phenoxy) is 1. The van der Waals surface area contributed by atoms with Gasteiger partial charge in [0.25, 0.3) is 0 Å². The standard InChI is InChI=1S/C41H72O2/c1-7-8-9-10-11-12-13-14-15-16-17-21-39(42)43-34-26-28-40(5)33(30-34)22-23-35-37-25-24-36(32(4)20-18-19-31(2)3)41(37,6)29-27-38(35)40/h22,31-32,34-38H,7-21,23-30H2,1-6H3/t32-,34-,35+,36-,37-,38+,40+,41-/m1/s1. The van der Waals surface area contributed by atoms with Crippen LogP contribution in [0.2, 0.25) is 0 Å². The Balaban J connectivity index is 1.19. The van der Waals surface area contributed by atoms with E-state index in [0.717, 1.165) is 54.8 Å². The molecule has 0 radical (unpaired) electrons. The van der Waals surface area contributed by atoms with Crippen LogP contribution >= 0.6 is 0 Å². The second-order valence-electron chi connectivity index (χ2n) is 16.9. The van der Waals surface area contributed by atoms with Gasteiger partial charge in [-0.25, -0.2) is 0 Å². The average Bonchev–Trinajstić information content (AvgIpc) is 3.33. The maximum Gasteiger partial charge on any atom is 0.306 e. The largest absolute Gasteiger partial charge is 0.462 e. The van der Waals surface area contributed by atoms with Crippen LogP contribution < -0.4 is 0 Å². The van der Waals surface area contributed by atoms with Gasteiger partial charge in [0.1, 0.15) is 6.10 Å². The summed E-state index contributed by atoms with van der Waals surface area (Å²) in [6.45, 7) is 14.9. The smallest absolute Gasteiger partial charge is 0.306 e. The molecule has 0 aromatic carbocycles. The molecule has 0 heterocycles. The van der Waals surface area contributed by atoms with Gasteiger partial charge in [-0.05, 0) is 97.7 Å². The fourth-order valence-electron chi connectivity index (χ4n) is 10.9. The lowest BCUT2D eigenvalue weighted by atomic mass is 9.47. The lowest BCUT2D eigenvalue weighted by molar-refractivity contribution is -0.151. The third-order valence-corrected chi connectivity index (χ3v) is 13.5. The van der Waals surface area contributed by atoms with Gasteiger partial charge < -0.3 is 4.74 Å². The van der Waals surface area contributed by atoms with Gasteiger partial charge in [0.15, 0.2) is 0 Å². The number of carbonyl (C=O) groups excluding carboxylic acids is 1. The fourth-order valence-corrected chi connectivity index (χ4v) is 10.9. The lowest BCUT2D eigenvalue weighted by Gasteiger charge is -2.58. The van der Waals surface area contributed by atoms with Gasteiger partial charge in [-0.1, -0.05) is 137 Å². The van der Waals surface area contributed by atoms with Gasteiger partial charge in [0.2, 0.25) is 0 Å². The van der Waals surface area contributed by atoms with Crippen molar-refractivity contribution in [1.82, 2.24) is 0 Å². The lowest BCUT2D eigenvalue weighted by Crippen LogP contribution is -2.51. The quantitative estimate of drug-likeness (QED) is 0.0893.